The maximum Gasteiger partial charge on any atom is 0.251 e. The molecule has 144 valence electrons. The fourth-order valence-electron chi connectivity index (χ4n) is 3.44. The van der Waals surface area contributed by atoms with Crippen LogP contribution in [0, 0.1) is 0 Å². The number of nitrogens with one attached hydrogen (secondary N) is 1. The third-order valence-electron chi connectivity index (χ3n) is 4.99. The van der Waals surface area contributed by atoms with Crippen molar-refractivity contribution >= 4 is 34.5 Å². The Bertz CT molecular complexity index is 976. The van der Waals surface area contributed by atoms with Gasteiger partial charge in [0.2, 0.25) is 5.91 Å². The molecule has 7 heteroatoms. The Kier molecular flexibility index (Phi) is 5.30. The van der Waals surface area contributed by atoms with Gasteiger partial charge in [-0.3, -0.25) is 9.59 Å². The zero-order valence-electron chi connectivity index (χ0n) is 15.2. The van der Waals surface area contributed by atoms with Crippen LogP contribution in [0.5, 0.6) is 0 Å². The summed E-state index contributed by atoms with van der Waals surface area (Å²) in [5.74, 6) is 0.545. The van der Waals surface area contributed by atoms with E-state index in [0.29, 0.717) is 23.7 Å². The number of para-hydroxylation sites is 2. The molecule has 0 radical (unpaired) electrons. The van der Waals surface area contributed by atoms with E-state index in [-0.39, 0.29) is 24.3 Å². The first kappa shape index (κ1) is 18.5. The number of fused-ring (bicyclic) bond motifs is 1. The summed E-state index contributed by atoms with van der Waals surface area (Å²) < 4.78 is 5.86. The van der Waals surface area contributed by atoms with Crippen molar-refractivity contribution in [3.63, 3.8) is 0 Å². The molecule has 0 atom stereocenters. The van der Waals surface area contributed by atoms with Gasteiger partial charge in [0.05, 0.1) is 6.54 Å². The zero-order chi connectivity index (χ0) is 19.5. The minimum absolute atomic E-state index is 0.0289. The van der Waals surface area contributed by atoms with Crippen LogP contribution in [0.15, 0.2) is 52.9 Å². The highest BCUT2D eigenvalue weighted by atomic mass is 35.5. The number of halogens is 1. The molecule has 2 heterocycles. The fourth-order valence-corrected chi connectivity index (χ4v) is 3.63. The van der Waals surface area contributed by atoms with E-state index in [1.54, 1.807) is 29.2 Å². The van der Waals surface area contributed by atoms with Gasteiger partial charge in [-0.15, -0.1) is 0 Å². The van der Waals surface area contributed by atoms with Crippen LogP contribution < -0.4 is 5.32 Å². The average Bonchev–Trinajstić information content (AvgIpc) is 3.16. The predicted octanol–water partition coefficient (Wildman–Crippen LogP) is 3.62. The average molecular weight is 398 g/mol. The van der Waals surface area contributed by atoms with Gasteiger partial charge in [0, 0.05) is 29.6 Å². The van der Waals surface area contributed by atoms with E-state index in [9.17, 15) is 9.59 Å². The van der Waals surface area contributed by atoms with Gasteiger partial charge in [-0.05, 0) is 43.2 Å². The molecule has 0 bridgehead atoms. The number of likely N-dealkylation sites (tertiary alicyclic amines) is 1. The summed E-state index contributed by atoms with van der Waals surface area (Å²) >= 11 is 5.90. The van der Waals surface area contributed by atoms with Crippen molar-refractivity contribution < 1.29 is 14.0 Å². The first-order chi connectivity index (χ1) is 13.6. The van der Waals surface area contributed by atoms with Crippen molar-refractivity contribution in [3.05, 3.63) is 65.0 Å². The fraction of sp³-hybridized carbons (Fsp3) is 0.286. The van der Waals surface area contributed by atoms with Crippen molar-refractivity contribution in [2.24, 2.45) is 0 Å². The lowest BCUT2D eigenvalue weighted by Gasteiger charge is -2.30. The van der Waals surface area contributed by atoms with Crippen LogP contribution >= 0.6 is 11.6 Å². The van der Waals surface area contributed by atoms with E-state index in [2.05, 4.69) is 10.3 Å². The van der Waals surface area contributed by atoms with Gasteiger partial charge in [0.25, 0.3) is 5.91 Å². The Labute approximate surface area is 167 Å². The molecule has 0 unspecified atom stereocenters. The summed E-state index contributed by atoms with van der Waals surface area (Å²) in [5.41, 5.74) is 2.09. The van der Waals surface area contributed by atoms with Crippen LogP contribution in [0.4, 0.5) is 0 Å². The number of hydrogen-bond acceptors (Lipinski definition) is 4. The second kappa shape index (κ2) is 8.02. The van der Waals surface area contributed by atoms with Crippen molar-refractivity contribution in [3.8, 4) is 0 Å². The molecule has 1 aliphatic rings. The summed E-state index contributed by atoms with van der Waals surface area (Å²) in [4.78, 5) is 30.9. The number of amides is 2. The highest BCUT2D eigenvalue weighted by molar-refractivity contribution is 6.30. The molecule has 0 spiro atoms. The maximum atomic E-state index is 12.4. The Morgan fingerprint density at radius 2 is 1.93 bits per heavy atom. The van der Waals surface area contributed by atoms with Crippen LogP contribution in [-0.4, -0.2) is 41.3 Å². The molecule has 0 saturated carbocycles. The summed E-state index contributed by atoms with van der Waals surface area (Å²) in [5, 5.41) is 3.15. The minimum Gasteiger partial charge on any atom is -0.440 e. The highest BCUT2D eigenvalue weighted by Crippen LogP contribution is 2.29. The van der Waals surface area contributed by atoms with Gasteiger partial charge in [-0.1, -0.05) is 29.8 Å². The number of hydrogen-bond donors (Lipinski definition) is 1. The Balaban J connectivity index is 1.29. The number of aromatic nitrogens is 1. The first-order valence-electron chi connectivity index (χ1n) is 9.27. The third kappa shape index (κ3) is 4.02. The third-order valence-corrected chi connectivity index (χ3v) is 5.23. The first-order valence-corrected chi connectivity index (χ1v) is 9.65. The number of rotatable bonds is 4. The van der Waals surface area contributed by atoms with Gasteiger partial charge < -0.3 is 14.6 Å². The molecule has 1 aromatic heterocycles. The summed E-state index contributed by atoms with van der Waals surface area (Å²) in [6, 6.07) is 14.4. The predicted molar refractivity (Wildman–Crippen MR) is 106 cm³/mol. The van der Waals surface area contributed by atoms with Gasteiger partial charge in [-0.25, -0.2) is 4.98 Å². The lowest BCUT2D eigenvalue weighted by Crippen LogP contribution is -2.43. The van der Waals surface area contributed by atoms with E-state index in [4.69, 9.17) is 16.0 Å². The van der Waals surface area contributed by atoms with Crippen LogP contribution in [0.2, 0.25) is 5.02 Å². The zero-order valence-corrected chi connectivity index (χ0v) is 16.0. The molecule has 1 saturated heterocycles. The van der Waals surface area contributed by atoms with E-state index >= 15 is 0 Å². The molecule has 1 N–H and O–H groups in total. The number of nitrogens with zero attached hydrogens (tertiary/aromatic N) is 2. The van der Waals surface area contributed by atoms with E-state index in [1.807, 2.05) is 24.3 Å². The number of carbonyl (C=O) groups excluding carboxylic acids is 2. The van der Waals surface area contributed by atoms with Crippen LogP contribution in [0.25, 0.3) is 11.1 Å². The highest BCUT2D eigenvalue weighted by Gasteiger charge is 2.27. The summed E-state index contributed by atoms with van der Waals surface area (Å²) in [6.45, 7) is 1.21. The second-order valence-electron chi connectivity index (χ2n) is 6.87. The monoisotopic (exact) mass is 397 g/mol. The van der Waals surface area contributed by atoms with E-state index < -0.39 is 0 Å². The number of piperidine rings is 1. The smallest absolute Gasteiger partial charge is 0.251 e. The molecular formula is C21H20ClN3O3. The lowest BCUT2D eigenvalue weighted by molar-refractivity contribution is -0.131. The summed E-state index contributed by atoms with van der Waals surface area (Å²) in [7, 11) is 0. The molecule has 6 nitrogen and oxygen atoms in total. The summed E-state index contributed by atoms with van der Waals surface area (Å²) in [6.07, 6.45) is 1.58. The standard InChI is InChI=1S/C21H20ClN3O3/c22-16-5-3-4-15(12-16)20(27)23-13-19(26)25-10-8-14(9-11-25)21-24-17-6-1-2-7-18(17)28-21/h1-7,12,14H,8-11,13H2,(H,23,27). The topological polar surface area (TPSA) is 75.4 Å². The van der Waals surface area contributed by atoms with E-state index in [1.165, 1.54) is 0 Å². The SMILES string of the molecule is O=C(NCC(=O)N1CCC(c2nc3ccccc3o2)CC1)c1cccc(Cl)c1. The Hall–Kier alpha value is -2.86. The van der Waals surface area contributed by atoms with Gasteiger partial charge in [0.15, 0.2) is 11.5 Å². The molecule has 1 aliphatic heterocycles. The maximum absolute atomic E-state index is 12.4. The van der Waals surface area contributed by atoms with Gasteiger partial charge in [-0.2, -0.15) is 0 Å². The molecule has 28 heavy (non-hydrogen) atoms. The lowest BCUT2D eigenvalue weighted by atomic mass is 9.97. The number of carbonyl (C=O) groups is 2. The van der Waals surface area contributed by atoms with Crippen LogP contribution in [0.3, 0.4) is 0 Å². The second-order valence-corrected chi connectivity index (χ2v) is 7.30. The molecule has 2 aromatic carbocycles. The molecule has 0 aliphatic carbocycles. The molecule has 2 amide bonds. The van der Waals surface area contributed by atoms with Crippen molar-refractivity contribution in [2.45, 2.75) is 18.8 Å². The normalized spacial score (nSPS) is 15.0. The van der Waals surface area contributed by atoms with E-state index in [0.717, 1.165) is 29.8 Å². The molecule has 3 aromatic rings. The minimum atomic E-state index is -0.308. The Morgan fingerprint density at radius 1 is 1.14 bits per heavy atom. The molecule has 1 fully saturated rings. The largest absolute Gasteiger partial charge is 0.440 e. The quantitative estimate of drug-likeness (QED) is 0.729. The van der Waals surface area contributed by atoms with Crippen molar-refractivity contribution in [1.29, 1.82) is 0 Å². The molecular weight excluding hydrogens is 378 g/mol. The van der Waals surface area contributed by atoms with Gasteiger partial charge >= 0.3 is 0 Å². The Morgan fingerprint density at radius 3 is 2.68 bits per heavy atom. The van der Waals surface area contributed by atoms with Crippen molar-refractivity contribution in [2.75, 3.05) is 19.6 Å². The number of oxazole rings is 1. The van der Waals surface area contributed by atoms with Crippen molar-refractivity contribution in [1.82, 2.24) is 15.2 Å². The molecule has 4 rings (SSSR count). The van der Waals surface area contributed by atoms with Crippen LogP contribution in [-0.2, 0) is 4.79 Å². The van der Waals surface area contributed by atoms with Crippen LogP contribution in [0.1, 0.15) is 35.0 Å². The van der Waals surface area contributed by atoms with Gasteiger partial charge in [0.1, 0.15) is 5.52 Å². The number of benzene rings is 2.